The number of rotatable bonds is 6. The Bertz CT molecular complexity index is 1080. The van der Waals surface area contributed by atoms with Crippen LogP contribution in [0.5, 0.6) is 5.75 Å². The zero-order valence-electron chi connectivity index (χ0n) is 16.7. The van der Waals surface area contributed by atoms with Crippen molar-refractivity contribution in [2.75, 3.05) is 11.9 Å². The number of alkyl halides is 3. The Hall–Kier alpha value is -2.87. The van der Waals surface area contributed by atoms with Gasteiger partial charge in [0.05, 0.1) is 5.56 Å². The number of thiazole rings is 1. The number of aryl methyl sites for hydroxylation is 2. The summed E-state index contributed by atoms with van der Waals surface area (Å²) in [6, 6.07) is 11.1. The fraction of sp³-hybridized carbons (Fsp3) is 0.304. The number of amides is 1. The number of carbonyl (C=O) groups excluding carboxylic acids is 1. The van der Waals surface area contributed by atoms with Gasteiger partial charge in [0.2, 0.25) is 0 Å². The van der Waals surface area contributed by atoms with Gasteiger partial charge in [-0.15, -0.1) is 11.3 Å². The molecule has 0 saturated heterocycles. The van der Waals surface area contributed by atoms with E-state index in [9.17, 15) is 18.0 Å². The van der Waals surface area contributed by atoms with Crippen molar-refractivity contribution in [3.05, 3.63) is 75.8 Å². The number of nitrogens with one attached hydrogen (secondary N) is 1. The van der Waals surface area contributed by atoms with Gasteiger partial charge in [-0.3, -0.25) is 10.1 Å². The van der Waals surface area contributed by atoms with Crippen molar-refractivity contribution in [1.82, 2.24) is 4.98 Å². The molecule has 162 valence electrons. The number of halogens is 3. The minimum atomic E-state index is -4.37. The SMILES string of the molecule is O=C(COc1ccc2c(c1)CCCC2)Nc1ncc(Cc2cccc(C(F)(F)F)c2)s1. The Labute approximate surface area is 182 Å². The maximum absolute atomic E-state index is 12.9. The monoisotopic (exact) mass is 446 g/mol. The average Bonchev–Trinajstić information content (AvgIpc) is 3.18. The zero-order chi connectivity index (χ0) is 21.8. The highest BCUT2D eigenvalue weighted by molar-refractivity contribution is 7.15. The van der Waals surface area contributed by atoms with Crippen molar-refractivity contribution >= 4 is 22.4 Å². The van der Waals surface area contributed by atoms with Crippen LogP contribution in [-0.4, -0.2) is 17.5 Å². The Morgan fingerprint density at radius 2 is 1.90 bits per heavy atom. The predicted molar refractivity (Wildman–Crippen MR) is 114 cm³/mol. The molecule has 1 amide bonds. The molecule has 8 heteroatoms. The average molecular weight is 446 g/mol. The van der Waals surface area contributed by atoms with Crippen LogP contribution in [-0.2, 0) is 30.2 Å². The summed E-state index contributed by atoms with van der Waals surface area (Å²) in [5, 5.41) is 3.07. The maximum Gasteiger partial charge on any atom is 0.416 e. The summed E-state index contributed by atoms with van der Waals surface area (Å²) in [6.45, 7) is -0.138. The summed E-state index contributed by atoms with van der Waals surface area (Å²) >= 11 is 1.23. The molecular weight excluding hydrogens is 425 g/mol. The molecule has 4 nitrogen and oxygen atoms in total. The molecule has 0 unspecified atom stereocenters. The molecule has 0 aliphatic heterocycles. The summed E-state index contributed by atoms with van der Waals surface area (Å²) < 4.78 is 44.2. The largest absolute Gasteiger partial charge is 0.484 e. The van der Waals surface area contributed by atoms with Crippen LogP contribution in [0.1, 0.15) is 40.0 Å². The number of carbonyl (C=O) groups is 1. The van der Waals surface area contributed by atoms with Crippen LogP contribution in [0.4, 0.5) is 18.3 Å². The van der Waals surface area contributed by atoms with Crippen LogP contribution in [0.3, 0.4) is 0 Å². The number of nitrogens with zero attached hydrogens (tertiary/aromatic N) is 1. The number of hydrogen-bond acceptors (Lipinski definition) is 4. The van der Waals surface area contributed by atoms with Crippen molar-refractivity contribution < 1.29 is 22.7 Å². The minimum absolute atomic E-state index is 0.138. The highest BCUT2D eigenvalue weighted by atomic mass is 32.1. The first-order valence-corrected chi connectivity index (χ1v) is 10.8. The van der Waals surface area contributed by atoms with E-state index in [1.807, 2.05) is 12.1 Å². The summed E-state index contributed by atoms with van der Waals surface area (Å²) in [5.74, 6) is 0.331. The predicted octanol–water partition coefficient (Wildman–Crippen LogP) is 5.65. The quantitative estimate of drug-likeness (QED) is 0.532. The molecule has 1 aromatic heterocycles. The van der Waals surface area contributed by atoms with Gasteiger partial charge < -0.3 is 4.74 Å². The fourth-order valence-corrected chi connectivity index (χ4v) is 4.47. The van der Waals surface area contributed by atoms with Gasteiger partial charge in [0.1, 0.15) is 5.75 Å². The lowest BCUT2D eigenvalue weighted by molar-refractivity contribution is -0.137. The Morgan fingerprint density at radius 1 is 1.10 bits per heavy atom. The second-order valence-corrected chi connectivity index (χ2v) is 8.60. The van der Waals surface area contributed by atoms with Crippen molar-refractivity contribution in [2.24, 2.45) is 0 Å². The van der Waals surface area contributed by atoms with E-state index in [-0.39, 0.29) is 12.5 Å². The van der Waals surface area contributed by atoms with Crippen molar-refractivity contribution in [2.45, 2.75) is 38.3 Å². The van der Waals surface area contributed by atoms with Crippen molar-refractivity contribution in [1.29, 1.82) is 0 Å². The van der Waals surface area contributed by atoms with Crippen LogP contribution in [0.25, 0.3) is 0 Å². The third kappa shape index (κ3) is 5.64. The molecule has 1 N–H and O–H groups in total. The number of aromatic nitrogens is 1. The van der Waals surface area contributed by atoms with E-state index in [1.54, 1.807) is 12.3 Å². The van der Waals surface area contributed by atoms with Crippen LogP contribution < -0.4 is 10.1 Å². The molecule has 0 atom stereocenters. The molecule has 0 spiro atoms. The lowest BCUT2D eigenvalue weighted by Gasteiger charge is -2.16. The smallest absolute Gasteiger partial charge is 0.416 e. The Kier molecular flexibility index (Phi) is 6.27. The van der Waals surface area contributed by atoms with Gasteiger partial charge in [-0.25, -0.2) is 4.98 Å². The van der Waals surface area contributed by atoms with E-state index in [2.05, 4.69) is 16.4 Å². The van der Waals surface area contributed by atoms with E-state index in [0.717, 1.165) is 29.9 Å². The van der Waals surface area contributed by atoms with E-state index in [1.165, 1.54) is 41.4 Å². The molecule has 31 heavy (non-hydrogen) atoms. The normalized spacial score (nSPS) is 13.5. The molecule has 2 aromatic carbocycles. The molecular formula is C23H21F3N2O2S. The third-order valence-corrected chi connectivity index (χ3v) is 6.04. The van der Waals surface area contributed by atoms with E-state index in [4.69, 9.17) is 4.74 Å². The highest BCUT2D eigenvalue weighted by Gasteiger charge is 2.30. The van der Waals surface area contributed by atoms with Gasteiger partial charge in [0.15, 0.2) is 11.7 Å². The minimum Gasteiger partial charge on any atom is -0.484 e. The number of anilines is 1. The van der Waals surface area contributed by atoms with E-state index >= 15 is 0 Å². The van der Waals surface area contributed by atoms with Gasteiger partial charge in [0.25, 0.3) is 5.91 Å². The molecule has 4 rings (SSSR count). The lowest BCUT2D eigenvalue weighted by atomic mass is 9.92. The van der Waals surface area contributed by atoms with Gasteiger partial charge >= 0.3 is 6.18 Å². The van der Waals surface area contributed by atoms with E-state index in [0.29, 0.717) is 22.9 Å². The second kappa shape index (κ2) is 9.09. The molecule has 3 aromatic rings. The first-order valence-electron chi connectivity index (χ1n) is 10.0. The maximum atomic E-state index is 12.9. The van der Waals surface area contributed by atoms with Gasteiger partial charge in [-0.1, -0.05) is 24.3 Å². The first-order chi connectivity index (χ1) is 14.9. The molecule has 1 heterocycles. The van der Waals surface area contributed by atoms with Gasteiger partial charge in [-0.05, 0) is 60.6 Å². The van der Waals surface area contributed by atoms with E-state index < -0.39 is 11.7 Å². The third-order valence-electron chi connectivity index (χ3n) is 5.12. The summed E-state index contributed by atoms with van der Waals surface area (Å²) in [4.78, 5) is 17.1. The zero-order valence-corrected chi connectivity index (χ0v) is 17.5. The second-order valence-electron chi connectivity index (χ2n) is 7.48. The molecule has 0 bridgehead atoms. The molecule has 1 aliphatic rings. The standard InChI is InChI=1S/C23H21F3N2O2S/c24-23(25,26)18-7-3-4-15(10-18)11-20-13-27-22(31-20)28-21(29)14-30-19-9-8-16-5-1-2-6-17(16)12-19/h3-4,7-10,12-13H,1-2,5-6,11,14H2,(H,27,28,29). The molecule has 0 fully saturated rings. The Morgan fingerprint density at radius 3 is 2.71 bits per heavy atom. The van der Waals surface area contributed by atoms with Crippen LogP contribution in [0, 0.1) is 0 Å². The number of benzene rings is 2. The first kappa shape index (κ1) is 21.4. The van der Waals surface area contributed by atoms with Crippen LogP contribution >= 0.6 is 11.3 Å². The summed E-state index contributed by atoms with van der Waals surface area (Å²) in [5.41, 5.74) is 2.48. The topological polar surface area (TPSA) is 51.2 Å². The van der Waals surface area contributed by atoms with Crippen LogP contribution in [0.2, 0.25) is 0 Å². The lowest BCUT2D eigenvalue weighted by Crippen LogP contribution is -2.20. The fourth-order valence-electron chi connectivity index (χ4n) is 3.61. The van der Waals surface area contributed by atoms with Gasteiger partial charge in [-0.2, -0.15) is 13.2 Å². The van der Waals surface area contributed by atoms with Crippen LogP contribution in [0.15, 0.2) is 48.7 Å². The molecule has 0 saturated carbocycles. The molecule has 0 radical (unpaired) electrons. The summed E-state index contributed by atoms with van der Waals surface area (Å²) in [6.07, 6.45) is 1.99. The molecule has 1 aliphatic carbocycles. The number of fused-ring (bicyclic) bond motifs is 1. The highest BCUT2D eigenvalue weighted by Crippen LogP contribution is 2.31. The number of hydrogen-bond donors (Lipinski definition) is 1. The number of ether oxygens (including phenoxy) is 1. The van der Waals surface area contributed by atoms with Crippen molar-refractivity contribution in [3.8, 4) is 5.75 Å². The van der Waals surface area contributed by atoms with Gasteiger partial charge in [0, 0.05) is 17.5 Å². The van der Waals surface area contributed by atoms with Crippen molar-refractivity contribution in [3.63, 3.8) is 0 Å². The Balaban J connectivity index is 1.31. The summed E-state index contributed by atoms with van der Waals surface area (Å²) in [7, 11) is 0.